The number of nitrogens with two attached hydrogens (primary N) is 1. The molecule has 0 bridgehead atoms. The van der Waals surface area contributed by atoms with Crippen molar-refractivity contribution in [3.05, 3.63) is 30.3 Å². The quantitative estimate of drug-likeness (QED) is 0.720. The molecule has 1 aromatic rings. The van der Waals surface area contributed by atoms with Crippen LogP contribution in [0.3, 0.4) is 0 Å². The third kappa shape index (κ3) is 1.98. The molecule has 1 rings (SSSR count). The zero-order chi connectivity index (χ0) is 8.32. The van der Waals surface area contributed by atoms with Gasteiger partial charge in [-0.05, 0) is 17.4 Å². The van der Waals surface area contributed by atoms with E-state index >= 15 is 0 Å². The summed E-state index contributed by atoms with van der Waals surface area (Å²) in [6, 6.07) is 10.5. The summed E-state index contributed by atoms with van der Waals surface area (Å²) in [4.78, 5) is 1.39. The highest BCUT2D eigenvalue weighted by Gasteiger charge is 2.10. The molecule has 0 aliphatic carbocycles. The summed E-state index contributed by atoms with van der Waals surface area (Å²) in [5.41, 5.74) is 5.68. The molecule has 0 radical (unpaired) electrons. The van der Waals surface area contributed by atoms with E-state index in [4.69, 9.17) is 5.73 Å². The molecule has 0 aliphatic rings. The van der Waals surface area contributed by atoms with E-state index in [1.54, 1.807) is 0 Å². The topological polar surface area (TPSA) is 26.0 Å². The van der Waals surface area contributed by atoms with Crippen LogP contribution in [0, 0.1) is 0 Å². The van der Waals surface area contributed by atoms with Crippen molar-refractivity contribution in [1.29, 1.82) is 0 Å². The molecule has 0 aliphatic heterocycles. The van der Waals surface area contributed by atoms with Crippen molar-refractivity contribution >= 4 is 10.0 Å². The van der Waals surface area contributed by atoms with E-state index in [2.05, 4.69) is 36.8 Å². The van der Waals surface area contributed by atoms with Gasteiger partial charge in [-0.25, -0.2) is 10.0 Å². The van der Waals surface area contributed by atoms with Gasteiger partial charge in [0, 0.05) is 5.88 Å². The fourth-order valence-electron chi connectivity index (χ4n) is 0.885. The third-order valence-corrected chi connectivity index (χ3v) is 4.18. The van der Waals surface area contributed by atoms with Crippen LogP contribution in [-0.4, -0.2) is 18.4 Å². The van der Waals surface area contributed by atoms with Gasteiger partial charge >= 0.3 is 0 Å². The summed E-state index contributed by atoms with van der Waals surface area (Å²) in [5.74, 6) is 0.775. The number of hydrogen-bond acceptors (Lipinski definition) is 1. The maximum Gasteiger partial charge on any atom is 0.0268 e. The largest absolute Gasteiger partial charge is 0.323 e. The Kier molecular flexibility index (Phi) is 2.58. The van der Waals surface area contributed by atoms with Gasteiger partial charge in [-0.3, -0.25) is 0 Å². The van der Waals surface area contributed by atoms with Crippen molar-refractivity contribution in [2.75, 3.05) is 18.4 Å². The number of hydrogen-bond donors (Lipinski definition) is 1. The van der Waals surface area contributed by atoms with Crippen LogP contribution in [-0.2, 0) is 0 Å². The van der Waals surface area contributed by atoms with Crippen molar-refractivity contribution in [2.24, 2.45) is 5.73 Å². The van der Waals surface area contributed by atoms with Crippen LogP contribution < -0.4 is 5.73 Å². The Hall–Kier alpha value is -0.470. The summed E-state index contributed by atoms with van der Waals surface area (Å²) in [6.45, 7) is 0. The Morgan fingerprint density at radius 1 is 1.18 bits per heavy atom. The molecule has 0 saturated carbocycles. The SMILES string of the molecule is CS(C)(CN)c1ccccc1. The first-order valence-corrected chi connectivity index (χ1v) is 6.25. The normalized spacial score (nSPS) is 13.0. The van der Waals surface area contributed by atoms with Crippen LogP contribution >= 0.6 is 10.0 Å². The predicted octanol–water partition coefficient (Wildman–Crippen LogP) is 2.03. The van der Waals surface area contributed by atoms with Crippen molar-refractivity contribution in [1.82, 2.24) is 0 Å². The average Bonchev–Trinajstić information content (AvgIpc) is 2.06. The second kappa shape index (κ2) is 3.28. The van der Waals surface area contributed by atoms with E-state index in [-0.39, 0.29) is 0 Å². The summed E-state index contributed by atoms with van der Waals surface area (Å²) >= 11 is 0. The molecule has 0 spiro atoms. The van der Waals surface area contributed by atoms with Gasteiger partial charge in [-0.15, -0.1) is 0 Å². The maximum absolute atomic E-state index is 5.68. The van der Waals surface area contributed by atoms with Gasteiger partial charge in [-0.2, -0.15) is 0 Å². The molecule has 0 unspecified atom stereocenters. The van der Waals surface area contributed by atoms with E-state index in [0.29, 0.717) is 0 Å². The van der Waals surface area contributed by atoms with Gasteiger partial charge < -0.3 is 5.73 Å². The Morgan fingerprint density at radius 3 is 2.18 bits per heavy atom. The minimum atomic E-state index is -0.720. The first-order valence-electron chi connectivity index (χ1n) is 3.63. The minimum absolute atomic E-state index is 0.720. The van der Waals surface area contributed by atoms with Crippen molar-refractivity contribution in [3.8, 4) is 0 Å². The number of benzene rings is 1. The molecular weight excluding hydrogens is 154 g/mol. The summed E-state index contributed by atoms with van der Waals surface area (Å²) in [7, 11) is -0.720. The van der Waals surface area contributed by atoms with Gasteiger partial charge in [0.15, 0.2) is 0 Å². The highest BCUT2D eigenvalue weighted by molar-refractivity contribution is 8.32. The average molecular weight is 169 g/mol. The first-order chi connectivity index (χ1) is 5.17. The molecule has 2 heteroatoms. The lowest BCUT2D eigenvalue weighted by atomic mass is 10.4. The smallest absolute Gasteiger partial charge is 0.0268 e. The van der Waals surface area contributed by atoms with Gasteiger partial charge in [0.05, 0.1) is 0 Å². The molecule has 1 aromatic carbocycles. The van der Waals surface area contributed by atoms with E-state index < -0.39 is 10.0 Å². The third-order valence-electron chi connectivity index (χ3n) is 1.80. The summed E-state index contributed by atoms with van der Waals surface area (Å²) in [5, 5.41) is 0. The van der Waals surface area contributed by atoms with Crippen LogP contribution in [0.4, 0.5) is 0 Å². The highest BCUT2D eigenvalue weighted by atomic mass is 32.3. The molecule has 0 atom stereocenters. The van der Waals surface area contributed by atoms with Crippen LogP contribution in [0.25, 0.3) is 0 Å². The lowest BCUT2D eigenvalue weighted by Crippen LogP contribution is -2.09. The second-order valence-corrected chi connectivity index (χ2v) is 6.90. The van der Waals surface area contributed by atoms with E-state index in [9.17, 15) is 0 Å². The van der Waals surface area contributed by atoms with Crippen LogP contribution in [0.15, 0.2) is 35.2 Å². The van der Waals surface area contributed by atoms with Crippen LogP contribution in [0.5, 0.6) is 0 Å². The lowest BCUT2D eigenvalue weighted by Gasteiger charge is -2.29. The fourth-order valence-corrected chi connectivity index (χ4v) is 1.97. The summed E-state index contributed by atoms with van der Waals surface area (Å²) in [6.07, 6.45) is 4.48. The minimum Gasteiger partial charge on any atom is -0.323 e. The van der Waals surface area contributed by atoms with E-state index in [1.807, 2.05) is 6.07 Å². The molecule has 62 valence electrons. The van der Waals surface area contributed by atoms with Crippen molar-refractivity contribution < 1.29 is 0 Å². The second-order valence-electron chi connectivity index (χ2n) is 3.02. The predicted molar refractivity (Wildman–Crippen MR) is 53.2 cm³/mol. The Bertz CT molecular complexity index is 218. The molecule has 0 saturated heterocycles. The molecule has 1 nitrogen and oxygen atoms in total. The van der Waals surface area contributed by atoms with Crippen LogP contribution in [0.1, 0.15) is 0 Å². The van der Waals surface area contributed by atoms with Crippen molar-refractivity contribution in [2.45, 2.75) is 4.90 Å². The molecule has 0 aromatic heterocycles. The molecule has 0 fully saturated rings. The number of rotatable bonds is 2. The molecule has 0 amide bonds. The molecule has 11 heavy (non-hydrogen) atoms. The van der Waals surface area contributed by atoms with E-state index in [0.717, 1.165) is 5.88 Å². The van der Waals surface area contributed by atoms with Crippen LogP contribution in [0.2, 0.25) is 0 Å². The fraction of sp³-hybridized carbons (Fsp3) is 0.333. The van der Waals surface area contributed by atoms with Crippen molar-refractivity contribution in [3.63, 3.8) is 0 Å². The monoisotopic (exact) mass is 169 g/mol. The maximum atomic E-state index is 5.68. The lowest BCUT2D eigenvalue weighted by molar-refractivity contribution is 1.33. The van der Waals surface area contributed by atoms with Gasteiger partial charge in [-0.1, -0.05) is 30.3 Å². The summed E-state index contributed by atoms with van der Waals surface area (Å²) < 4.78 is 0. The highest BCUT2D eigenvalue weighted by Crippen LogP contribution is 2.46. The first kappa shape index (κ1) is 8.62. The Balaban J connectivity index is 2.93. The Morgan fingerprint density at radius 2 is 1.73 bits per heavy atom. The zero-order valence-corrected chi connectivity index (χ0v) is 7.90. The zero-order valence-electron chi connectivity index (χ0n) is 7.08. The standard InChI is InChI=1S/C9H15NS/c1-11(2,8-10)9-6-4-3-5-7-9/h3-7H,8,10H2,1-2H3. The Labute approximate surface area is 69.9 Å². The van der Waals surface area contributed by atoms with Gasteiger partial charge in [0.25, 0.3) is 0 Å². The van der Waals surface area contributed by atoms with Gasteiger partial charge in [0.1, 0.15) is 0 Å². The molecule has 2 N–H and O–H groups in total. The molecular formula is C9H15NS. The van der Waals surface area contributed by atoms with Gasteiger partial charge in [0.2, 0.25) is 0 Å². The van der Waals surface area contributed by atoms with E-state index in [1.165, 1.54) is 4.90 Å². The molecule has 0 heterocycles.